The Morgan fingerprint density at radius 1 is 0.412 bits per heavy atom. The van der Waals surface area contributed by atoms with Crippen molar-refractivity contribution < 1.29 is 0 Å². The molecule has 0 aliphatic heterocycles. The number of hydrogen-bond acceptors (Lipinski definition) is 0. The molecule has 0 nitrogen and oxygen atoms in total. The van der Waals surface area contributed by atoms with Crippen molar-refractivity contribution >= 4 is 35.1 Å². The summed E-state index contributed by atoms with van der Waals surface area (Å²) < 4.78 is 0. The second-order valence-corrected chi connectivity index (χ2v) is 7.28. The molecule has 178 valence electrons. The minimum atomic E-state index is 1.22. The third kappa shape index (κ3) is 8.52. The highest BCUT2D eigenvalue weighted by Gasteiger charge is 2.02. The van der Waals surface area contributed by atoms with Crippen LogP contribution in [-0.4, -0.2) is 0 Å². The lowest BCUT2D eigenvalue weighted by Gasteiger charge is -2.07. The van der Waals surface area contributed by atoms with Crippen LogP contribution in [0.2, 0.25) is 0 Å². The molecule has 0 atom stereocenters. The fraction of sp³-hybridized carbons (Fsp3) is 0.235. The van der Waals surface area contributed by atoms with Gasteiger partial charge in [-0.1, -0.05) is 162 Å². The maximum atomic E-state index is 2.22. The predicted octanol–water partition coefficient (Wildman–Crippen LogP) is 10.9. The number of rotatable bonds is 4. The van der Waals surface area contributed by atoms with Gasteiger partial charge >= 0.3 is 0 Å². The second kappa shape index (κ2) is 16.3. The minimum absolute atomic E-state index is 1.22. The van der Waals surface area contributed by atoms with E-state index in [-0.39, 0.29) is 0 Å². The zero-order valence-electron chi connectivity index (χ0n) is 22.4. The van der Waals surface area contributed by atoms with Gasteiger partial charge in [-0.25, -0.2) is 0 Å². The van der Waals surface area contributed by atoms with Gasteiger partial charge in [-0.15, -0.1) is 0 Å². The maximum Gasteiger partial charge on any atom is -0.00389 e. The normalized spacial score (nSPS) is 10.1. The summed E-state index contributed by atoms with van der Waals surface area (Å²) in [4.78, 5) is 0. The SMILES string of the molecule is CC.CC.CC.Cc1ccc(C=Cc2cccc3cccc(C=Cc4ccc(C)cc4)c23)cc1. The minimum Gasteiger partial charge on any atom is -0.0683 e. The van der Waals surface area contributed by atoms with E-state index in [0.717, 1.165) is 0 Å². The molecule has 4 aromatic carbocycles. The molecule has 0 amide bonds. The Bertz CT molecular complexity index is 1050. The van der Waals surface area contributed by atoms with Gasteiger partial charge in [0.1, 0.15) is 0 Å². The monoisotopic (exact) mass is 450 g/mol. The van der Waals surface area contributed by atoms with Gasteiger partial charge < -0.3 is 0 Å². The van der Waals surface area contributed by atoms with Crippen molar-refractivity contribution in [3.63, 3.8) is 0 Å². The summed E-state index contributed by atoms with van der Waals surface area (Å²) >= 11 is 0. The van der Waals surface area contributed by atoms with E-state index in [4.69, 9.17) is 0 Å². The molecule has 0 saturated carbocycles. The van der Waals surface area contributed by atoms with Crippen LogP contribution in [-0.2, 0) is 0 Å². The summed E-state index contributed by atoms with van der Waals surface area (Å²) in [6, 6.07) is 30.3. The van der Waals surface area contributed by atoms with Crippen molar-refractivity contribution in [2.45, 2.75) is 55.4 Å². The molecule has 0 aliphatic rings. The van der Waals surface area contributed by atoms with Crippen molar-refractivity contribution in [1.29, 1.82) is 0 Å². The van der Waals surface area contributed by atoms with Crippen molar-refractivity contribution in [2.75, 3.05) is 0 Å². The lowest BCUT2D eigenvalue weighted by molar-refractivity contribution is 1.46. The fourth-order valence-electron chi connectivity index (χ4n) is 3.40. The standard InChI is InChI=1S/C28H24.3C2H6/c1-21-9-13-23(14-10-21)17-19-26-7-3-5-25-6-4-8-27(28(25)26)20-18-24-15-11-22(2)12-16-24;3*1-2/h3-20H,1-2H3;3*1-2H3. The highest BCUT2D eigenvalue weighted by atomic mass is 14.1. The highest BCUT2D eigenvalue weighted by Crippen LogP contribution is 2.26. The number of benzene rings is 4. The van der Waals surface area contributed by atoms with Crippen molar-refractivity contribution in [3.8, 4) is 0 Å². The fourth-order valence-corrected chi connectivity index (χ4v) is 3.40. The molecule has 0 aliphatic carbocycles. The summed E-state index contributed by atoms with van der Waals surface area (Å²) in [5.74, 6) is 0. The number of aryl methyl sites for hydroxylation is 2. The van der Waals surface area contributed by atoms with E-state index in [0.29, 0.717) is 0 Å². The molecule has 4 rings (SSSR count). The third-order valence-corrected chi connectivity index (χ3v) is 5.03. The first-order valence-corrected chi connectivity index (χ1v) is 12.7. The number of hydrogen-bond donors (Lipinski definition) is 0. The Kier molecular flexibility index (Phi) is 13.7. The topological polar surface area (TPSA) is 0 Å². The Hall–Kier alpha value is -3.38. The van der Waals surface area contributed by atoms with Gasteiger partial charge in [0.05, 0.1) is 0 Å². The molecular formula is C34H42. The van der Waals surface area contributed by atoms with Crippen LogP contribution in [0.15, 0.2) is 84.9 Å². The van der Waals surface area contributed by atoms with Gasteiger partial charge in [0.25, 0.3) is 0 Å². The van der Waals surface area contributed by atoms with E-state index in [1.165, 1.54) is 44.2 Å². The first-order valence-electron chi connectivity index (χ1n) is 12.7. The molecule has 0 heterocycles. The van der Waals surface area contributed by atoms with Crippen LogP contribution >= 0.6 is 0 Å². The van der Waals surface area contributed by atoms with Gasteiger partial charge in [0.15, 0.2) is 0 Å². The van der Waals surface area contributed by atoms with Crippen LogP contribution in [0.5, 0.6) is 0 Å². The summed E-state index contributed by atoms with van der Waals surface area (Å²) in [7, 11) is 0. The van der Waals surface area contributed by atoms with Crippen LogP contribution in [0.25, 0.3) is 35.1 Å². The van der Waals surface area contributed by atoms with Gasteiger partial charge in [0.2, 0.25) is 0 Å². The first-order chi connectivity index (χ1) is 16.7. The van der Waals surface area contributed by atoms with E-state index in [1.54, 1.807) is 0 Å². The Morgan fingerprint density at radius 3 is 1.12 bits per heavy atom. The Morgan fingerprint density at radius 2 is 0.765 bits per heavy atom. The van der Waals surface area contributed by atoms with Gasteiger partial charge in [-0.05, 0) is 46.9 Å². The largest absolute Gasteiger partial charge is 0.0683 e. The predicted molar refractivity (Wildman–Crippen MR) is 158 cm³/mol. The zero-order chi connectivity index (χ0) is 25.3. The molecule has 0 heteroatoms. The molecular weight excluding hydrogens is 408 g/mol. The van der Waals surface area contributed by atoms with Crippen molar-refractivity contribution in [1.82, 2.24) is 0 Å². The van der Waals surface area contributed by atoms with E-state index in [1.807, 2.05) is 41.5 Å². The van der Waals surface area contributed by atoms with E-state index < -0.39 is 0 Å². The molecule has 0 spiro atoms. The van der Waals surface area contributed by atoms with Crippen molar-refractivity contribution in [3.05, 3.63) is 118 Å². The third-order valence-electron chi connectivity index (χ3n) is 5.03. The van der Waals surface area contributed by atoms with Crippen LogP contribution in [0.1, 0.15) is 74.9 Å². The lowest BCUT2D eigenvalue weighted by Crippen LogP contribution is -1.83. The van der Waals surface area contributed by atoms with E-state index in [9.17, 15) is 0 Å². The first kappa shape index (κ1) is 28.7. The Balaban J connectivity index is 0.000000894. The maximum absolute atomic E-state index is 2.22. The van der Waals surface area contributed by atoms with E-state index in [2.05, 4.69) is 123 Å². The zero-order valence-corrected chi connectivity index (χ0v) is 22.4. The average molecular weight is 451 g/mol. The van der Waals surface area contributed by atoms with Crippen molar-refractivity contribution in [2.24, 2.45) is 0 Å². The quantitative estimate of drug-likeness (QED) is 0.271. The summed E-state index contributed by atoms with van der Waals surface area (Å²) in [5, 5.41) is 2.55. The Labute approximate surface area is 208 Å². The summed E-state index contributed by atoms with van der Waals surface area (Å²) in [6.45, 7) is 16.2. The molecule has 0 radical (unpaired) electrons. The van der Waals surface area contributed by atoms with Gasteiger partial charge in [-0.3, -0.25) is 0 Å². The summed E-state index contributed by atoms with van der Waals surface area (Å²) in [6.07, 6.45) is 8.82. The van der Waals surface area contributed by atoms with Crippen LogP contribution in [0.4, 0.5) is 0 Å². The molecule has 0 unspecified atom stereocenters. The van der Waals surface area contributed by atoms with Gasteiger partial charge in [-0.2, -0.15) is 0 Å². The highest BCUT2D eigenvalue weighted by molar-refractivity contribution is 5.99. The lowest BCUT2D eigenvalue weighted by atomic mass is 9.97. The van der Waals surface area contributed by atoms with E-state index >= 15 is 0 Å². The average Bonchev–Trinajstić information content (AvgIpc) is 2.91. The van der Waals surface area contributed by atoms with Gasteiger partial charge in [0, 0.05) is 0 Å². The molecule has 4 aromatic rings. The molecule has 0 aromatic heterocycles. The van der Waals surface area contributed by atoms with Crippen LogP contribution in [0, 0.1) is 13.8 Å². The van der Waals surface area contributed by atoms with Crippen LogP contribution < -0.4 is 0 Å². The molecule has 34 heavy (non-hydrogen) atoms. The molecule has 0 saturated heterocycles. The second-order valence-electron chi connectivity index (χ2n) is 7.28. The smallest absolute Gasteiger partial charge is 0.00389 e. The number of fused-ring (bicyclic) bond motifs is 1. The molecule has 0 fully saturated rings. The molecule has 0 bridgehead atoms. The van der Waals surface area contributed by atoms with Crippen LogP contribution in [0.3, 0.4) is 0 Å². The molecule has 0 N–H and O–H groups in total. The summed E-state index contributed by atoms with van der Waals surface area (Å²) in [5.41, 5.74) is 7.48.